The van der Waals surface area contributed by atoms with Gasteiger partial charge in [0.1, 0.15) is 11.5 Å². The fourth-order valence-electron chi connectivity index (χ4n) is 2.03. The molecule has 6 nitrogen and oxygen atoms in total. The second-order valence-electron chi connectivity index (χ2n) is 4.59. The van der Waals surface area contributed by atoms with Gasteiger partial charge in [-0.3, -0.25) is 4.79 Å². The number of pyridine rings is 1. The van der Waals surface area contributed by atoms with E-state index in [4.69, 9.17) is 22.2 Å². The van der Waals surface area contributed by atoms with Gasteiger partial charge in [0, 0.05) is 13.7 Å². The molecule has 1 amide bonds. The van der Waals surface area contributed by atoms with Gasteiger partial charge in [-0.05, 0) is 31.4 Å². The highest BCUT2D eigenvalue weighted by atomic mass is 35.5. The van der Waals surface area contributed by atoms with Crippen LogP contribution >= 0.6 is 11.6 Å². The van der Waals surface area contributed by atoms with Gasteiger partial charge >= 0.3 is 0 Å². The maximum Gasteiger partial charge on any atom is 0.271 e. The van der Waals surface area contributed by atoms with Crippen LogP contribution in [0.25, 0.3) is 0 Å². The van der Waals surface area contributed by atoms with E-state index in [1.165, 1.54) is 0 Å². The first kappa shape index (κ1) is 14.0. The number of nitrogens with zero attached hydrogens (tertiary/aromatic N) is 1. The molecule has 0 aromatic carbocycles. The van der Waals surface area contributed by atoms with E-state index in [0.717, 1.165) is 19.3 Å². The first-order valence-corrected chi connectivity index (χ1v) is 6.44. The highest BCUT2D eigenvalue weighted by Crippen LogP contribution is 2.34. The number of halogens is 1. The number of nitrogen functional groups attached to an aromatic ring is 1. The lowest BCUT2D eigenvalue weighted by molar-refractivity contribution is -0.0679. The lowest BCUT2D eigenvalue weighted by Gasteiger charge is -2.40. The molecule has 104 valence electrons. The van der Waals surface area contributed by atoms with Crippen LogP contribution in [0.15, 0.2) is 12.1 Å². The molecule has 1 aromatic heterocycles. The zero-order chi connectivity index (χ0) is 13.9. The third-order valence-electron chi connectivity index (χ3n) is 3.48. The summed E-state index contributed by atoms with van der Waals surface area (Å²) in [4.78, 5) is 16.1. The minimum absolute atomic E-state index is 0.155. The average molecular weight is 285 g/mol. The number of ether oxygens (including phenoxy) is 1. The molecule has 0 radical (unpaired) electrons. The maximum atomic E-state index is 12.1. The van der Waals surface area contributed by atoms with Crippen LogP contribution in [0.2, 0.25) is 5.02 Å². The lowest BCUT2D eigenvalue weighted by atomic mass is 9.80. The number of hydrogen-bond acceptors (Lipinski definition) is 5. The van der Waals surface area contributed by atoms with Gasteiger partial charge in [0.25, 0.3) is 5.91 Å². The number of anilines is 1. The fourth-order valence-corrected chi connectivity index (χ4v) is 2.22. The predicted molar refractivity (Wildman–Crippen MR) is 73.0 cm³/mol. The zero-order valence-corrected chi connectivity index (χ0v) is 11.5. The Hall–Kier alpha value is -1.37. The molecule has 1 heterocycles. The smallest absolute Gasteiger partial charge is 0.271 e. The van der Waals surface area contributed by atoms with E-state index >= 15 is 0 Å². The van der Waals surface area contributed by atoms with Crippen LogP contribution in [0.1, 0.15) is 29.8 Å². The topological polar surface area (TPSA) is 89.3 Å². The Bertz CT molecular complexity index is 471. The van der Waals surface area contributed by atoms with E-state index in [2.05, 4.69) is 15.7 Å². The molecule has 1 saturated carbocycles. The average Bonchev–Trinajstić information content (AvgIpc) is 2.38. The normalized spacial score (nSPS) is 16.6. The van der Waals surface area contributed by atoms with Gasteiger partial charge in [-0.25, -0.2) is 10.8 Å². The fraction of sp³-hybridized carbons (Fsp3) is 0.500. The van der Waals surface area contributed by atoms with E-state index in [1.54, 1.807) is 19.2 Å². The number of nitrogens with one attached hydrogen (secondary N) is 2. The molecule has 2 rings (SSSR count). The largest absolute Gasteiger partial charge is 0.376 e. The molecule has 0 spiro atoms. The molecule has 19 heavy (non-hydrogen) atoms. The number of amides is 1. The number of hydrazine groups is 1. The van der Waals surface area contributed by atoms with Crippen molar-refractivity contribution in [2.45, 2.75) is 24.9 Å². The van der Waals surface area contributed by atoms with Crippen molar-refractivity contribution in [1.29, 1.82) is 0 Å². The Morgan fingerprint density at radius 2 is 2.32 bits per heavy atom. The number of hydrogen-bond donors (Lipinski definition) is 3. The van der Waals surface area contributed by atoms with Gasteiger partial charge in [-0.15, -0.1) is 0 Å². The summed E-state index contributed by atoms with van der Waals surface area (Å²) < 4.78 is 5.43. The SMILES string of the molecule is COC1(CNC(=O)c2nc(NN)ccc2Cl)CCC1. The molecule has 1 aliphatic carbocycles. The van der Waals surface area contributed by atoms with E-state index < -0.39 is 0 Å². The standard InChI is InChI=1S/C12H17ClN4O2/c1-19-12(5-2-6-12)7-15-11(18)10-8(13)3-4-9(16-10)17-14/h3-4H,2,5-7,14H2,1H3,(H,15,18)(H,16,17). The van der Waals surface area contributed by atoms with Gasteiger partial charge in [-0.2, -0.15) is 0 Å². The molecular formula is C12H17ClN4O2. The minimum Gasteiger partial charge on any atom is -0.376 e. The van der Waals surface area contributed by atoms with Crippen LogP contribution in [-0.2, 0) is 4.74 Å². The maximum absolute atomic E-state index is 12.1. The predicted octanol–water partition coefficient (Wildman–Crippen LogP) is 1.32. The Balaban J connectivity index is 2.03. The van der Waals surface area contributed by atoms with Crippen molar-refractivity contribution in [2.24, 2.45) is 5.84 Å². The summed E-state index contributed by atoms with van der Waals surface area (Å²) in [5.41, 5.74) is 2.31. The second-order valence-corrected chi connectivity index (χ2v) is 5.00. The summed E-state index contributed by atoms with van der Waals surface area (Å²) in [6, 6.07) is 3.18. The molecule has 0 atom stereocenters. The molecule has 1 aliphatic rings. The quantitative estimate of drug-likeness (QED) is 0.560. The van der Waals surface area contributed by atoms with E-state index in [9.17, 15) is 4.79 Å². The zero-order valence-electron chi connectivity index (χ0n) is 10.7. The van der Waals surface area contributed by atoms with Crippen molar-refractivity contribution < 1.29 is 9.53 Å². The number of carbonyl (C=O) groups excluding carboxylic acids is 1. The summed E-state index contributed by atoms with van der Waals surface area (Å²) >= 11 is 5.96. The summed E-state index contributed by atoms with van der Waals surface area (Å²) in [6.45, 7) is 0.459. The third kappa shape index (κ3) is 2.97. The molecule has 1 fully saturated rings. The molecule has 0 aliphatic heterocycles. The summed E-state index contributed by atoms with van der Waals surface area (Å²) in [6.07, 6.45) is 3.03. The van der Waals surface area contributed by atoms with Crippen molar-refractivity contribution >= 4 is 23.3 Å². The van der Waals surface area contributed by atoms with Crippen molar-refractivity contribution in [1.82, 2.24) is 10.3 Å². The molecule has 1 aromatic rings. The van der Waals surface area contributed by atoms with Gasteiger partial charge < -0.3 is 15.5 Å². The van der Waals surface area contributed by atoms with E-state index in [0.29, 0.717) is 12.4 Å². The summed E-state index contributed by atoms with van der Waals surface area (Å²) in [7, 11) is 1.66. The van der Waals surface area contributed by atoms with Crippen molar-refractivity contribution in [2.75, 3.05) is 19.1 Å². The number of nitrogens with two attached hydrogens (primary N) is 1. The van der Waals surface area contributed by atoms with Gasteiger partial charge in [0.2, 0.25) is 0 Å². The first-order chi connectivity index (χ1) is 9.10. The summed E-state index contributed by atoms with van der Waals surface area (Å²) in [5, 5.41) is 3.09. The Morgan fingerprint density at radius 1 is 1.58 bits per heavy atom. The third-order valence-corrected chi connectivity index (χ3v) is 3.78. The van der Waals surface area contributed by atoms with Crippen molar-refractivity contribution in [3.8, 4) is 0 Å². The molecule has 0 bridgehead atoms. The Labute approximate surface area is 116 Å². The highest BCUT2D eigenvalue weighted by Gasteiger charge is 2.37. The van der Waals surface area contributed by atoms with Crippen LogP contribution in [0.3, 0.4) is 0 Å². The molecule has 4 N–H and O–H groups in total. The van der Waals surface area contributed by atoms with Crippen LogP contribution in [0, 0.1) is 0 Å². The van der Waals surface area contributed by atoms with Gasteiger partial charge in [0.15, 0.2) is 0 Å². The second kappa shape index (κ2) is 5.73. The Kier molecular flexibility index (Phi) is 4.24. The van der Waals surface area contributed by atoms with E-state index in [-0.39, 0.29) is 22.2 Å². The number of rotatable bonds is 5. The van der Waals surface area contributed by atoms with Crippen LogP contribution < -0.4 is 16.6 Å². The number of carbonyl (C=O) groups is 1. The minimum atomic E-state index is -0.328. The first-order valence-electron chi connectivity index (χ1n) is 6.07. The monoisotopic (exact) mass is 284 g/mol. The highest BCUT2D eigenvalue weighted by molar-refractivity contribution is 6.33. The molecular weight excluding hydrogens is 268 g/mol. The van der Waals surface area contributed by atoms with Crippen LogP contribution in [-0.4, -0.2) is 30.1 Å². The van der Waals surface area contributed by atoms with Crippen LogP contribution in [0.5, 0.6) is 0 Å². The Morgan fingerprint density at radius 3 is 2.84 bits per heavy atom. The van der Waals surface area contributed by atoms with Crippen molar-refractivity contribution in [3.05, 3.63) is 22.8 Å². The van der Waals surface area contributed by atoms with Crippen LogP contribution in [0.4, 0.5) is 5.82 Å². The molecule has 0 unspecified atom stereocenters. The van der Waals surface area contributed by atoms with Crippen molar-refractivity contribution in [3.63, 3.8) is 0 Å². The van der Waals surface area contributed by atoms with Gasteiger partial charge in [-0.1, -0.05) is 11.6 Å². The molecule has 0 saturated heterocycles. The van der Waals surface area contributed by atoms with Gasteiger partial charge in [0.05, 0.1) is 10.6 Å². The van der Waals surface area contributed by atoms with E-state index in [1.807, 2.05) is 0 Å². The lowest BCUT2D eigenvalue weighted by Crippen LogP contribution is -2.49. The molecule has 7 heteroatoms. The number of methoxy groups -OCH3 is 1. The number of aromatic nitrogens is 1. The summed E-state index contributed by atoms with van der Waals surface area (Å²) in [5.74, 6) is 5.32.